The van der Waals surface area contributed by atoms with Gasteiger partial charge in [-0.15, -0.1) is 0 Å². The van der Waals surface area contributed by atoms with E-state index in [4.69, 9.17) is 4.74 Å². The van der Waals surface area contributed by atoms with Gasteiger partial charge in [-0.2, -0.15) is 0 Å². The lowest BCUT2D eigenvalue weighted by atomic mass is 10.1. The zero-order valence-corrected chi connectivity index (χ0v) is 16.1. The second-order valence-corrected chi connectivity index (χ2v) is 7.06. The van der Waals surface area contributed by atoms with E-state index in [1.807, 2.05) is 49.1 Å². The molecule has 5 heteroatoms. The molecule has 0 spiro atoms. The van der Waals surface area contributed by atoms with Crippen LogP contribution in [0.5, 0.6) is 5.75 Å². The van der Waals surface area contributed by atoms with Gasteiger partial charge in [-0.05, 0) is 62.9 Å². The molecule has 0 radical (unpaired) electrons. The fourth-order valence-corrected chi connectivity index (χ4v) is 3.18. The summed E-state index contributed by atoms with van der Waals surface area (Å²) < 4.78 is 5.85. The van der Waals surface area contributed by atoms with Crippen molar-refractivity contribution in [1.29, 1.82) is 0 Å². The zero-order chi connectivity index (χ0) is 19.4. The van der Waals surface area contributed by atoms with Crippen LogP contribution in [-0.2, 0) is 4.79 Å². The Balaban J connectivity index is 1.72. The third kappa shape index (κ3) is 4.48. The van der Waals surface area contributed by atoms with Crippen LogP contribution in [0.15, 0.2) is 42.5 Å². The van der Waals surface area contributed by atoms with Crippen LogP contribution in [-0.4, -0.2) is 35.9 Å². The second kappa shape index (κ2) is 8.25. The summed E-state index contributed by atoms with van der Waals surface area (Å²) in [6, 6.07) is 13.0. The first kappa shape index (κ1) is 19.0. The number of ether oxygens (including phenoxy) is 1. The Morgan fingerprint density at radius 2 is 1.78 bits per heavy atom. The molecule has 2 aromatic carbocycles. The third-order valence-corrected chi connectivity index (χ3v) is 4.83. The smallest absolute Gasteiger partial charge is 0.265 e. The van der Waals surface area contributed by atoms with Gasteiger partial charge in [0.25, 0.3) is 11.8 Å². The predicted molar refractivity (Wildman–Crippen MR) is 106 cm³/mol. The number of hydrogen-bond acceptors (Lipinski definition) is 3. The summed E-state index contributed by atoms with van der Waals surface area (Å²) in [5, 5.41) is 2.86. The molecule has 27 heavy (non-hydrogen) atoms. The number of anilines is 1. The molecule has 5 nitrogen and oxygen atoms in total. The van der Waals surface area contributed by atoms with Crippen LogP contribution in [0.3, 0.4) is 0 Å². The average molecular weight is 366 g/mol. The van der Waals surface area contributed by atoms with Crippen LogP contribution in [0.25, 0.3) is 0 Å². The molecule has 1 aliphatic heterocycles. The van der Waals surface area contributed by atoms with Gasteiger partial charge in [0.2, 0.25) is 0 Å². The van der Waals surface area contributed by atoms with Gasteiger partial charge in [0.05, 0.1) is 11.3 Å². The molecule has 1 unspecified atom stereocenters. The van der Waals surface area contributed by atoms with Crippen LogP contribution in [0.4, 0.5) is 5.69 Å². The van der Waals surface area contributed by atoms with E-state index in [0.29, 0.717) is 17.0 Å². The predicted octanol–water partition coefficient (Wildman–Crippen LogP) is 3.95. The number of para-hydroxylation sites is 1. The Hall–Kier alpha value is -2.82. The average Bonchev–Trinajstić information content (AvgIpc) is 3.19. The Kier molecular flexibility index (Phi) is 5.79. The number of likely N-dealkylation sites (tertiary alicyclic amines) is 1. The lowest BCUT2D eigenvalue weighted by molar-refractivity contribution is -0.122. The Morgan fingerprint density at radius 1 is 1.07 bits per heavy atom. The van der Waals surface area contributed by atoms with Gasteiger partial charge >= 0.3 is 0 Å². The van der Waals surface area contributed by atoms with E-state index in [1.54, 1.807) is 19.1 Å². The number of benzene rings is 2. The van der Waals surface area contributed by atoms with E-state index in [1.165, 1.54) is 0 Å². The minimum absolute atomic E-state index is 0.0356. The van der Waals surface area contributed by atoms with E-state index in [0.717, 1.165) is 37.1 Å². The molecule has 0 aromatic heterocycles. The van der Waals surface area contributed by atoms with Gasteiger partial charge < -0.3 is 15.0 Å². The van der Waals surface area contributed by atoms with Crippen molar-refractivity contribution < 1.29 is 14.3 Å². The number of carbonyl (C=O) groups excluding carboxylic acids is 2. The highest BCUT2D eigenvalue weighted by Gasteiger charge is 2.23. The van der Waals surface area contributed by atoms with E-state index >= 15 is 0 Å². The van der Waals surface area contributed by atoms with Gasteiger partial charge in [-0.1, -0.05) is 24.3 Å². The Labute approximate surface area is 160 Å². The molecule has 1 fully saturated rings. The number of nitrogens with one attached hydrogen (secondary N) is 1. The molecule has 1 aliphatic rings. The number of nitrogens with zero attached hydrogens (tertiary/aromatic N) is 1. The monoisotopic (exact) mass is 366 g/mol. The second-order valence-electron chi connectivity index (χ2n) is 7.06. The highest BCUT2D eigenvalue weighted by molar-refractivity contribution is 6.04. The molecular formula is C22H26N2O3. The number of amides is 2. The van der Waals surface area contributed by atoms with Gasteiger partial charge in [0.15, 0.2) is 6.10 Å². The van der Waals surface area contributed by atoms with E-state index in [-0.39, 0.29) is 11.8 Å². The van der Waals surface area contributed by atoms with Crippen molar-refractivity contribution in [3.05, 3.63) is 59.2 Å². The first-order valence-corrected chi connectivity index (χ1v) is 9.39. The molecule has 0 aliphatic carbocycles. The van der Waals surface area contributed by atoms with Crippen molar-refractivity contribution in [3.8, 4) is 5.75 Å². The fourth-order valence-electron chi connectivity index (χ4n) is 3.18. The highest BCUT2D eigenvalue weighted by Crippen LogP contribution is 2.23. The molecular weight excluding hydrogens is 340 g/mol. The molecule has 0 bridgehead atoms. The van der Waals surface area contributed by atoms with Crippen molar-refractivity contribution in [2.75, 3.05) is 18.4 Å². The summed E-state index contributed by atoms with van der Waals surface area (Å²) >= 11 is 0. The van der Waals surface area contributed by atoms with Crippen molar-refractivity contribution in [3.63, 3.8) is 0 Å². The molecule has 1 saturated heterocycles. The van der Waals surface area contributed by atoms with Crippen LogP contribution in [0, 0.1) is 13.8 Å². The van der Waals surface area contributed by atoms with E-state index in [9.17, 15) is 9.59 Å². The third-order valence-electron chi connectivity index (χ3n) is 4.83. The molecule has 3 rings (SSSR count). The molecule has 2 aromatic rings. The van der Waals surface area contributed by atoms with Crippen molar-refractivity contribution in [2.24, 2.45) is 0 Å². The quantitative estimate of drug-likeness (QED) is 0.872. The molecule has 0 saturated carbocycles. The lowest BCUT2D eigenvalue weighted by Gasteiger charge is -2.20. The zero-order valence-electron chi connectivity index (χ0n) is 16.1. The SMILES string of the molecule is Cc1ccc(C)c(OC(C)C(=O)Nc2ccccc2C(=O)N2CCCC2)c1. The van der Waals surface area contributed by atoms with Gasteiger partial charge in [-0.3, -0.25) is 9.59 Å². The summed E-state index contributed by atoms with van der Waals surface area (Å²) in [7, 11) is 0. The first-order chi connectivity index (χ1) is 13.0. The van der Waals surface area contributed by atoms with Crippen molar-refractivity contribution in [2.45, 2.75) is 39.7 Å². The maximum atomic E-state index is 12.7. The Bertz CT molecular complexity index is 841. The van der Waals surface area contributed by atoms with Crippen molar-refractivity contribution >= 4 is 17.5 Å². The fraction of sp³-hybridized carbons (Fsp3) is 0.364. The number of hydrogen-bond donors (Lipinski definition) is 1. The van der Waals surface area contributed by atoms with Gasteiger partial charge in [0, 0.05) is 13.1 Å². The highest BCUT2D eigenvalue weighted by atomic mass is 16.5. The normalized spacial score (nSPS) is 14.7. The summed E-state index contributed by atoms with van der Waals surface area (Å²) in [4.78, 5) is 27.2. The topological polar surface area (TPSA) is 58.6 Å². The molecule has 1 heterocycles. The molecule has 2 amide bonds. The minimum atomic E-state index is -0.680. The number of aryl methyl sites for hydroxylation is 2. The van der Waals surface area contributed by atoms with Crippen LogP contribution >= 0.6 is 0 Å². The summed E-state index contributed by atoms with van der Waals surface area (Å²) in [5.74, 6) is 0.378. The van der Waals surface area contributed by atoms with Gasteiger partial charge in [-0.25, -0.2) is 0 Å². The molecule has 1 N–H and O–H groups in total. The van der Waals surface area contributed by atoms with Crippen molar-refractivity contribution in [1.82, 2.24) is 4.90 Å². The standard InChI is InChI=1S/C22H26N2O3/c1-15-10-11-16(2)20(14-15)27-17(3)21(25)23-19-9-5-4-8-18(19)22(26)24-12-6-7-13-24/h4-5,8-11,14,17H,6-7,12-13H2,1-3H3,(H,23,25). The maximum absolute atomic E-state index is 12.7. The minimum Gasteiger partial charge on any atom is -0.481 e. The largest absolute Gasteiger partial charge is 0.481 e. The summed E-state index contributed by atoms with van der Waals surface area (Å²) in [5.41, 5.74) is 3.09. The number of carbonyl (C=O) groups is 2. The van der Waals surface area contributed by atoms with E-state index in [2.05, 4.69) is 5.32 Å². The van der Waals surface area contributed by atoms with E-state index < -0.39 is 6.10 Å². The van der Waals surface area contributed by atoms with Crippen LogP contribution in [0.2, 0.25) is 0 Å². The van der Waals surface area contributed by atoms with Crippen LogP contribution < -0.4 is 10.1 Å². The maximum Gasteiger partial charge on any atom is 0.265 e. The summed E-state index contributed by atoms with van der Waals surface area (Å²) in [6.07, 6.45) is 1.38. The summed E-state index contributed by atoms with van der Waals surface area (Å²) in [6.45, 7) is 7.18. The molecule has 142 valence electrons. The van der Waals surface area contributed by atoms with Crippen LogP contribution in [0.1, 0.15) is 41.3 Å². The first-order valence-electron chi connectivity index (χ1n) is 9.39. The Morgan fingerprint density at radius 3 is 2.52 bits per heavy atom. The molecule has 1 atom stereocenters. The van der Waals surface area contributed by atoms with Gasteiger partial charge in [0.1, 0.15) is 5.75 Å². The lowest BCUT2D eigenvalue weighted by Crippen LogP contribution is -2.32. The number of rotatable bonds is 5.